The van der Waals surface area contributed by atoms with Crippen molar-refractivity contribution < 1.29 is 9.18 Å². The van der Waals surface area contributed by atoms with E-state index in [2.05, 4.69) is 20.9 Å². The molecule has 142 valence electrons. The van der Waals surface area contributed by atoms with E-state index in [0.717, 1.165) is 31.6 Å². The molecule has 1 aromatic carbocycles. The standard InChI is InChI=1S/C17H21ClFN5O.ClH/c1-10(14-4-3-12(19)9-15(14)18)21-17(25)16-11(2)24(23-22-16)13-5-7-20-8-6-13;/h3-4,9-10,13,20H,5-8H2,1-2H3,(H,21,25);1H. The molecule has 1 atom stereocenters. The summed E-state index contributed by atoms with van der Waals surface area (Å²) in [5.41, 5.74) is 1.71. The van der Waals surface area contributed by atoms with Crippen LogP contribution in [0.2, 0.25) is 5.02 Å². The fourth-order valence-corrected chi connectivity index (χ4v) is 3.48. The predicted octanol–water partition coefficient (Wildman–Crippen LogP) is 3.22. The molecule has 0 aliphatic carbocycles. The minimum absolute atomic E-state index is 0. The molecule has 1 amide bonds. The van der Waals surface area contributed by atoms with Crippen LogP contribution in [0.3, 0.4) is 0 Å². The number of hydrogen-bond acceptors (Lipinski definition) is 4. The Hall–Kier alpha value is -1.70. The van der Waals surface area contributed by atoms with Crippen molar-refractivity contribution in [1.82, 2.24) is 25.6 Å². The zero-order valence-electron chi connectivity index (χ0n) is 14.6. The summed E-state index contributed by atoms with van der Waals surface area (Å²) in [5.74, 6) is -0.724. The van der Waals surface area contributed by atoms with Crippen LogP contribution < -0.4 is 10.6 Å². The summed E-state index contributed by atoms with van der Waals surface area (Å²) >= 11 is 6.06. The second kappa shape index (κ2) is 8.79. The van der Waals surface area contributed by atoms with Crippen molar-refractivity contribution in [2.75, 3.05) is 13.1 Å². The van der Waals surface area contributed by atoms with Crippen LogP contribution in [0.4, 0.5) is 4.39 Å². The summed E-state index contributed by atoms with van der Waals surface area (Å²) in [7, 11) is 0. The molecule has 1 unspecified atom stereocenters. The Bertz CT molecular complexity index is 777. The lowest BCUT2D eigenvalue weighted by Crippen LogP contribution is -2.31. The lowest BCUT2D eigenvalue weighted by atomic mass is 10.1. The van der Waals surface area contributed by atoms with Crippen molar-refractivity contribution in [2.24, 2.45) is 0 Å². The Morgan fingerprint density at radius 2 is 2.12 bits per heavy atom. The van der Waals surface area contributed by atoms with Gasteiger partial charge in [0.1, 0.15) is 5.82 Å². The molecular formula is C17H22Cl2FN5O. The van der Waals surface area contributed by atoms with E-state index in [1.165, 1.54) is 12.1 Å². The summed E-state index contributed by atoms with van der Waals surface area (Å²) in [5, 5.41) is 14.7. The quantitative estimate of drug-likeness (QED) is 0.824. The Morgan fingerprint density at radius 1 is 1.42 bits per heavy atom. The van der Waals surface area contributed by atoms with Crippen molar-refractivity contribution in [3.63, 3.8) is 0 Å². The highest BCUT2D eigenvalue weighted by Crippen LogP contribution is 2.24. The van der Waals surface area contributed by atoms with E-state index in [4.69, 9.17) is 11.6 Å². The Morgan fingerprint density at radius 3 is 2.77 bits per heavy atom. The van der Waals surface area contributed by atoms with E-state index < -0.39 is 5.82 Å². The maximum atomic E-state index is 13.2. The Kier molecular flexibility index (Phi) is 6.97. The molecule has 1 fully saturated rings. The van der Waals surface area contributed by atoms with Crippen LogP contribution in [0.1, 0.15) is 53.6 Å². The number of carbonyl (C=O) groups is 1. The average molecular weight is 402 g/mol. The molecule has 1 aliphatic heterocycles. The molecule has 9 heteroatoms. The van der Waals surface area contributed by atoms with Crippen LogP contribution >= 0.6 is 24.0 Å². The smallest absolute Gasteiger partial charge is 0.274 e. The largest absolute Gasteiger partial charge is 0.344 e. The summed E-state index contributed by atoms with van der Waals surface area (Å²) < 4.78 is 15.0. The molecule has 0 radical (unpaired) electrons. The van der Waals surface area contributed by atoms with Crippen molar-refractivity contribution in [3.8, 4) is 0 Å². The van der Waals surface area contributed by atoms with Gasteiger partial charge in [0.15, 0.2) is 5.69 Å². The lowest BCUT2D eigenvalue weighted by molar-refractivity contribution is 0.0934. The number of nitrogens with zero attached hydrogens (tertiary/aromatic N) is 3. The molecule has 1 saturated heterocycles. The fraction of sp³-hybridized carbons (Fsp3) is 0.471. The number of rotatable bonds is 4. The molecular weight excluding hydrogens is 380 g/mol. The highest BCUT2D eigenvalue weighted by atomic mass is 35.5. The van der Waals surface area contributed by atoms with E-state index in [1.807, 2.05) is 11.6 Å². The van der Waals surface area contributed by atoms with E-state index in [-0.39, 0.29) is 35.4 Å². The van der Waals surface area contributed by atoms with E-state index in [1.54, 1.807) is 13.0 Å². The number of piperidine rings is 1. The first-order valence-electron chi connectivity index (χ1n) is 8.35. The SMILES string of the molecule is Cc1c(C(=O)NC(C)c2ccc(F)cc2Cl)nnn1C1CCNCC1.Cl. The summed E-state index contributed by atoms with van der Waals surface area (Å²) in [6.45, 7) is 5.52. The number of amides is 1. The summed E-state index contributed by atoms with van der Waals surface area (Å²) in [6, 6.07) is 4.02. The van der Waals surface area contributed by atoms with Crippen LogP contribution in [-0.2, 0) is 0 Å². The van der Waals surface area contributed by atoms with E-state index in [9.17, 15) is 9.18 Å². The zero-order chi connectivity index (χ0) is 18.0. The van der Waals surface area contributed by atoms with Crippen LogP contribution in [-0.4, -0.2) is 34.0 Å². The number of aromatic nitrogens is 3. The second-order valence-corrected chi connectivity index (χ2v) is 6.72. The molecule has 1 aromatic heterocycles. The van der Waals surface area contributed by atoms with Gasteiger partial charge in [-0.1, -0.05) is 22.9 Å². The van der Waals surface area contributed by atoms with Crippen molar-refractivity contribution in [3.05, 3.63) is 46.0 Å². The van der Waals surface area contributed by atoms with Gasteiger partial charge in [-0.15, -0.1) is 17.5 Å². The fourth-order valence-electron chi connectivity index (χ4n) is 3.14. The van der Waals surface area contributed by atoms with Crippen molar-refractivity contribution >= 4 is 29.9 Å². The molecule has 2 aromatic rings. The number of carbonyl (C=O) groups excluding carboxylic acids is 1. The van der Waals surface area contributed by atoms with Crippen LogP contribution in [0, 0.1) is 12.7 Å². The maximum absolute atomic E-state index is 13.2. The highest BCUT2D eigenvalue weighted by molar-refractivity contribution is 6.31. The average Bonchev–Trinajstić information content (AvgIpc) is 2.97. The van der Waals surface area contributed by atoms with Gasteiger partial charge >= 0.3 is 0 Å². The van der Waals surface area contributed by atoms with Gasteiger partial charge in [-0.05, 0) is 57.5 Å². The van der Waals surface area contributed by atoms with Crippen LogP contribution in [0.5, 0.6) is 0 Å². The summed E-state index contributed by atoms with van der Waals surface area (Å²) in [4.78, 5) is 12.6. The molecule has 1 aliphatic rings. The van der Waals surface area contributed by atoms with Gasteiger partial charge in [-0.25, -0.2) is 9.07 Å². The van der Waals surface area contributed by atoms with E-state index >= 15 is 0 Å². The third-order valence-electron chi connectivity index (χ3n) is 4.57. The van der Waals surface area contributed by atoms with Gasteiger partial charge in [-0.3, -0.25) is 4.79 Å². The lowest BCUT2D eigenvalue weighted by Gasteiger charge is -2.23. The van der Waals surface area contributed by atoms with E-state index in [0.29, 0.717) is 11.3 Å². The molecule has 6 nitrogen and oxygen atoms in total. The Balaban J connectivity index is 0.00000243. The van der Waals surface area contributed by atoms with Gasteiger partial charge < -0.3 is 10.6 Å². The maximum Gasteiger partial charge on any atom is 0.274 e. The molecule has 2 N–H and O–H groups in total. The van der Waals surface area contributed by atoms with Crippen molar-refractivity contribution in [1.29, 1.82) is 0 Å². The number of hydrogen-bond donors (Lipinski definition) is 2. The monoisotopic (exact) mass is 401 g/mol. The van der Waals surface area contributed by atoms with Crippen molar-refractivity contribution in [2.45, 2.75) is 38.8 Å². The van der Waals surface area contributed by atoms with Gasteiger partial charge in [0.25, 0.3) is 5.91 Å². The van der Waals surface area contributed by atoms with Gasteiger partial charge in [0.2, 0.25) is 0 Å². The minimum Gasteiger partial charge on any atom is -0.344 e. The first-order valence-corrected chi connectivity index (χ1v) is 8.73. The third-order valence-corrected chi connectivity index (χ3v) is 4.90. The first kappa shape index (κ1) is 20.6. The zero-order valence-corrected chi connectivity index (χ0v) is 16.2. The van der Waals surface area contributed by atoms with Gasteiger partial charge in [0, 0.05) is 5.02 Å². The molecule has 0 saturated carbocycles. The molecule has 3 rings (SSSR count). The topological polar surface area (TPSA) is 71.8 Å². The van der Waals surface area contributed by atoms with Crippen LogP contribution in [0.25, 0.3) is 0 Å². The normalized spacial score (nSPS) is 16.0. The first-order chi connectivity index (χ1) is 12.0. The molecule has 2 heterocycles. The van der Waals surface area contributed by atoms with Gasteiger partial charge in [-0.2, -0.15) is 0 Å². The minimum atomic E-state index is -0.409. The molecule has 0 spiro atoms. The predicted molar refractivity (Wildman–Crippen MR) is 100 cm³/mol. The number of nitrogens with one attached hydrogen (secondary N) is 2. The highest BCUT2D eigenvalue weighted by Gasteiger charge is 2.24. The van der Waals surface area contributed by atoms with Gasteiger partial charge in [0.05, 0.1) is 17.8 Å². The number of benzene rings is 1. The summed E-state index contributed by atoms with van der Waals surface area (Å²) in [6.07, 6.45) is 1.93. The number of halogens is 3. The third kappa shape index (κ3) is 4.34. The second-order valence-electron chi connectivity index (χ2n) is 6.31. The molecule has 26 heavy (non-hydrogen) atoms. The Labute approximate surface area is 162 Å². The van der Waals surface area contributed by atoms with Crippen LogP contribution in [0.15, 0.2) is 18.2 Å². The molecule has 0 bridgehead atoms.